The topological polar surface area (TPSA) is 22.1 Å². The van der Waals surface area contributed by atoms with Gasteiger partial charge in [0.25, 0.3) is 0 Å². The van der Waals surface area contributed by atoms with Gasteiger partial charge in [0.1, 0.15) is 0 Å². The van der Waals surface area contributed by atoms with Gasteiger partial charge in [0.15, 0.2) is 0 Å². The van der Waals surface area contributed by atoms with Gasteiger partial charge in [-0.1, -0.05) is 46.9 Å². The SMILES string of the molecule is Clc1cccc(-c2ccncc2C2(OCc3cc(Cl)ccc3Cl)CC2)c1. The molecule has 0 spiro atoms. The molecule has 0 saturated heterocycles. The van der Waals surface area contributed by atoms with Crippen LogP contribution in [0.5, 0.6) is 0 Å². The molecule has 1 saturated carbocycles. The van der Waals surface area contributed by atoms with Gasteiger partial charge >= 0.3 is 0 Å². The van der Waals surface area contributed by atoms with Crippen LogP contribution >= 0.6 is 34.8 Å². The van der Waals surface area contributed by atoms with Crippen LogP contribution in [0.25, 0.3) is 11.1 Å². The molecule has 1 fully saturated rings. The zero-order valence-corrected chi connectivity index (χ0v) is 16.2. The summed E-state index contributed by atoms with van der Waals surface area (Å²) in [7, 11) is 0. The molecule has 26 heavy (non-hydrogen) atoms. The molecule has 4 rings (SSSR count). The first-order valence-electron chi connectivity index (χ1n) is 8.36. The van der Waals surface area contributed by atoms with Crippen molar-refractivity contribution < 1.29 is 4.74 Å². The van der Waals surface area contributed by atoms with E-state index in [1.165, 1.54) is 0 Å². The maximum atomic E-state index is 6.32. The molecule has 5 heteroatoms. The van der Waals surface area contributed by atoms with E-state index < -0.39 is 0 Å². The first kappa shape index (κ1) is 17.8. The Bertz CT molecular complexity index is 953. The first-order valence-corrected chi connectivity index (χ1v) is 9.49. The molecule has 0 radical (unpaired) electrons. The van der Waals surface area contributed by atoms with Crippen LogP contribution in [0.15, 0.2) is 60.9 Å². The molecule has 1 aliphatic rings. The molecule has 2 nitrogen and oxygen atoms in total. The average Bonchev–Trinajstić information content (AvgIpc) is 3.44. The summed E-state index contributed by atoms with van der Waals surface area (Å²) in [5, 5.41) is 2.02. The zero-order valence-electron chi connectivity index (χ0n) is 13.9. The van der Waals surface area contributed by atoms with Gasteiger partial charge in [-0.05, 0) is 65.9 Å². The Morgan fingerprint density at radius 2 is 1.77 bits per heavy atom. The van der Waals surface area contributed by atoms with Gasteiger partial charge in [-0.2, -0.15) is 0 Å². The van der Waals surface area contributed by atoms with Crippen molar-refractivity contribution in [2.75, 3.05) is 0 Å². The van der Waals surface area contributed by atoms with E-state index >= 15 is 0 Å². The minimum Gasteiger partial charge on any atom is -0.365 e. The molecule has 3 aromatic rings. The van der Waals surface area contributed by atoms with Crippen molar-refractivity contribution in [2.24, 2.45) is 0 Å². The van der Waals surface area contributed by atoms with Crippen LogP contribution in [0, 0.1) is 0 Å². The van der Waals surface area contributed by atoms with E-state index in [0.29, 0.717) is 21.7 Å². The van der Waals surface area contributed by atoms with Crippen LogP contribution in [0.1, 0.15) is 24.0 Å². The summed E-state index contributed by atoms with van der Waals surface area (Å²) in [4.78, 5) is 4.33. The third-order valence-corrected chi connectivity index (χ3v) is 5.50. The van der Waals surface area contributed by atoms with Crippen molar-refractivity contribution in [3.05, 3.63) is 87.1 Å². The summed E-state index contributed by atoms with van der Waals surface area (Å²) in [6, 6.07) is 15.3. The summed E-state index contributed by atoms with van der Waals surface area (Å²) in [5.41, 5.74) is 3.79. The largest absolute Gasteiger partial charge is 0.365 e. The van der Waals surface area contributed by atoms with Crippen LogP contribution in [0.2, 0.25) is 15.1 Å². The third-order valence-electron chi connectivity index (χ3n) is 4.66. The number of nitrogens with zero attached hydrogens (tertiary/aromatic N) is 1. The fourth-order valence-corrected chi connectivity index (χ4v) is 3.70. The van der Waals surface area contributed by atoms with E-state index in [1.54, 1.807) is 18.3 Å². The van der Waals surface area contributed by atoms with Crippen molar-refractivity contribution in [1.82, 2.24) is 4.98 Å². The smallest absolute Gasteiger partial charge is 0.0959 e. The Kier molecular flexibility index (Phi) is 4.94. The highest BCUT2D eigenvalue weighted by Crippen LogP contribution is 2.52. The first-order chi connectivity index (χ1) is 12.6. The number of hydrogen-bond acceptors (Lipinski definition) is 2. The molecule has 0 aliphatic heterocycles. The zero-order chi connectivity index (χ0) is 18.1. The quantitative estimate of drug-likeness (QED) is 0.460. The Morgan fingerprint density at radius 1 is 0.962 bits per heavy atom. The number of rotatable bonds is 5. The van der Waals surface area contributed by atoms with Crippen molar-refractivity contribution in [1.29, 1.82) is 0 Å². The fraction of sp³-hybridized carbons (Fsp3) is 0.190. The van der Waals surface area contributed by atoms with E-state index in [0.717, 1.165) is 35.1 Å². The van der Waals surface area contributed by atoms with Crippen LogP contribution in [-0.4, -0.2) is 4.98 Å². The maximum Gasteiger partial charge on any atom is 0.0959 e. The van der Waals surface area contributed by atoms with Crippen LogP contribution in [0.4, 0.5) is 0 Å². The van der Waals surface area contributed by atoms with E-state index in [2.05, 4.69) is 11.1 Å². The monoisotopic (exact) mass is 403 g/mol. The van der Waals surface area contributed by atoms with Crippen LogP contribution < -0.4 is 0 Å². The number of halogens is 3. The number of hydrogen-bond donors (Lipinski definition) is 0. The number of benzene rings is 2. The third kappa shape index (κ3) is 3.60. The lowest BCUT2D eigenvalue weighted by molar-refractivity contribution is 0.0174. The summed E-state index contributed by atoms with van der Waals surface area (Å²) >= 11 is 18.5. The summed E-state index contributed by atoms with van der Waals surface area (Å²) < 4.78 is 6.32. The van der Waals surface area contributed by atoms with Gasteiger partial charge < -0.3 is 4.74 Å². The van der Waals surface area contributed by atoms with Gasteiger partial charge in [0, 0.05) is 33.0 Å². The summed E-state index contributed by atoms with van der Waals surface area (Å²) in [6.07, 6.45) is 5.58. The molecule has 0 bridgehead atoms. The standard InChI is InChI=1S/C21H16Cl3NO/c22-16-3-1-2-14(10-16)18-6-9-25-12-19(18)21(7-8-21)26-13-15-11-17(23)4-5-20(15)24/h1-6,9-12H,7-8,13H2. The lowest BCUT2D eigenvalue weighted by Gasteiger charge is -2.21. The predicted molar refractivity (Wildman–Crippen MR) is 107 cm³/mol. The Hall–Kier alpha value is -1.58. The fourth-order valence-electron chi connectivity index (χ4n) is 3.14. The maximum absolute atomic E-state index is 6.32. The average molecular weight is 405 g/mol. The highest BCUT2D eigenvalue weighted by Gasteiger charge is 2.47. The van der Waals surface area contributed by atoms with Crippen molar-refractivity contribution in [3.8, 4) is 11.1 Å². The predicted octanol–water partition coefficient (Wildman–Crippen LogP) is 6.91. The molecule has 1 aromatic heterocycles. The van der Waals surface area contributed by atoms with Crippen molar-refractivity contribution in [3.63, 3.8) is 0 Å². The minimum atomic E-state index is -0.336. The van der Waals surface area contributed by atoms with Crippen LogP contribution in [-0.2, 0) is 16.9 Å². The number of ether oxygens (including phenoxy) is 1. The van der Waals surface area contributed by atoms with Crippen molar-refractivity contribution in [2.45, 2.75) is 25.0 Å². The molecular formula is C21H16Cl3NO. The molecular weight excluding hydrogens is 389 g/mol. The highest BCUT2D eigenvalue weighted by molar-refractivity contribution is 6.33. The Labute approximate surface area is 167 Å². The van der Waals surface area contributed by atoms with Gasteiger partial charge in [0.05, 0.1) is 12.2 Å². The Morgan fingerprint density at radius 3 is 2.54 bits per heavy atom. The summed E-state index contributed by atoms with van der Waals surface area (Å²) in [6.45, 7) is 0.406. The summed E-state index contributed by atoms with van der Waals surface area (Å²) in [5.74, 6) is 0. The van der Waals surface area contributed by atoms with E-state index in [9.17, 15) is 0 Å². The molecule has 1 aliphatic carbocycles. The second-order valence-corrected chi connectivity index (χ2v) is 7.73. The normalized spacial score (nSPS) is 15.0. The minimum absolute atomic E-state index is 0.336. The Balaban J connectivity index is 1.64. The molecule has 0 amide bonds. The van der Waals surface area contributed by atoms with Crippen molar-refractivity contribution >= 4 is 34.8 Å². The van der Waals surface area contributed by atoms with Gasteiger partial charge in [-0.3, -0.25) is 4.98 Å². The van der Waals surface area contributed by atoms with E-state index in [-0.39, 0.29) is 5.60 Å². The van der Waals surface area contributed by atoms with Gasteiger partial charge in [-0.15, -0.1) is 0 Å². The molecule has 0 atom stereocenters. The van der Waals surface area contributed by atoms with Gasteiger partial charge in [0.2, 0.25) is 0 Å². The second kappa shape index (κ2) is 7.21. The molecule has 2 aromatic carbocycles. The number of pyridine rings is 1. The van der Waals surface area contributed by atoms with E-state index in [1.807, 2.05) is 36.5 Å². The van der Waals surface area contributed by atoms with Gasteiger partial charge in [-0.25, -0.2) is 0 Å². The molecule has 0 N–H and O–H groups in total. The molecule has 132 valence electrons. The van der Waals surface area contributed by atoms with E-state index in [4.69, 9.17) is 39.5 Å². The van der Waals surface area contributed by atoms with Crippen LogP contribution in [0.3, 0.4) is 0 Å². The molecule has 0 unspecified atom stereocenters. The highest BCUT2D eigenvalue weighted by atomic mass is 35.5. The second-order valence-electron chi connectivity index (χ2n) is 6.45. The lowest BCUT2D eigenvalue weighted by atomic mass is 9.97. The number of aromatic nitrogens is 1. The molecule has 1 heterocycles. The lowest BCUT2D eigenvalue weighted by Crippen LogP contribution is -2.14.